The second-order valence-electron chi connectivity index (χ2n) is 6.11. The van der Waals surface area contributed by atoms with Gasteiger partial charge in [0.15, 0.2) is 0 Å². The maximum absolute atomic E-state index is 5.86. The molecule has 2 unspecified atom stereocenters. The minimum Gasteiger partial charge on any atom is -0.493 e. The Balaban J connectivity index is 1.80. The topological polar surface area (TPSA) is 38.5 Å². The largest absolute Gasteiger partial charge is 0.493 e. The molecule has 0 amide bonds. The molecule has 0 saturated carbocycles. The first kappa shape index (κ1) is 14.4. The van der Waals surface area contributed by atoms with Crippen LogP contribution in [0.5, 0.6) is 5.75 Å². The van der Waals surface area contributed by atoms with Gasteiger partial charge in [0.2, 0.25) is 0 Å². The highest BCUT2D eigenvalue weighted by Crippen LogP contribution is 2.35. The van der Waals surface area contributed by atoms with Crippen molar-refractivity contribution in [2.45, 2.75) is 38.8 Å². The van der Waals surface area contributed by atoms with E-state index < -0.39 is 0 Å². The van der Waals surface area contributed by atoms with Crippen LogP contribution < -0.4 is 10.5 Å². The second-order valence-corrected chi connectivity index (χ2v) is 7.02. The number of halogens is 1. The Morgan fingerprint density at radius 3 is 3.05 bits per heavy atom. The number of nitrogens with zero attached hydrogens (tertiary/aromatic N) is 1. The van der Waals surface area contributed by atoms with Gasteiger partial charge in [-0.15, -0.1) is 0 Å². The molecule has 1 saturated heterocycles. The van der Waals surface area contributed by atoms with Crippen LogP contribution in [0.25, 0.3) is 0 Å². The van der Waals surface area contributed by atoms with Crippen molar-refractivity contribution in [3.8, 4) is 5.75 Å². The minimum atomic E-state index is 0.633. The number of rotatable bonds is 3. The van der Waals surface area contributed by atoms with Gasteiger partial charge in [-0.1, -0.05) is 15.9 Å². The van der Waals surface area contributed by atoms with E-state index in [4.69, 9.17) is 10.5 Å². The molecule has 3 rings (SSSR count). The van der Waals surface area contributed by atoms with E-state index in [0.717, 1.165) is 42.9 Å². The summed E-state index contributed by atoms with van der Waals surface area (Å²) in [6.45, 7) is 6.03. The molecule has 1 aromatic carbocycles. The summed E-state index contributed by atoms with van der Waals surface area (Å²) in [6, 6.07) is 5.03. The number of ether oxygens (including phenoxy) is 1. The van der Waals surface area contributed by atoms with Crippen molar-refractivity contribution in [2.75, 3.05) is 19.7 Å². The van der Waals surface area contributed by atoms with Gasteiger partial charge in [0.25, 0.3) is 0 Å². The summed E-state index contributed by atoms with van der Waals surface area (Å²) in [5, 5.41) is 0. The molecule has 0 aliphatic carbocycles. The lowest BCUT2D eigenvalue weighted by atomic mass is 9.93. The lowest BCUT2D eigenvalue weighted by Crippen LogP contribution is -2.43. The van der Waals surface area contributed by atoms with Gasteiger partial charge < -0.3 is 10.5 Å². The Hall–Kier alpha value is -0.580. The molecule has 2 N–H and O–H groups in total. The summed E-state index contributed by atoms with van der Waals surface area (Å²) in [4.78, 5) is 2.56. The standard InChI is InChI=1S/C16H23BrN2O/c1-11-2-3-12(8-18)9-19(11)10-14-7-15(17)6-13-4-5-20-16(13)14/h6-7,11-12H,2-5,8-10,18H2,1H3. The van der Waals surface area contributed by atoms with Crippen LogP contribution in [-0.2, 0) is 13.0 Å². The fraction of sp³-hybridized carbons (Fsp3) is 0.625. The summed E-state index contributed by atoms with van der Waals surface area (Å²) in [5.41, 5.74) is 8.52. The van der Waals surface area contributed by atoms with Crippen LogP contribution in [0.3, 0.4) is 0 Å². The third-order valence-corrected chi connectivity index (χ3v) is 5.10. The summed E-state index contributed by atoms with van der Waals surface area (Å²) in [7, 11) is 0. The van der Waals surface area contributed by atoms with E-state index in [1.54, 1.807) is 0 Å². The average molecular weight is 339 g/mol. The summed E-state index contributed by atoms with van der Waals surface area (Å²) >= 11 is 3.63. The Bertz CT molecular complexity index is 492. The van der Waals surface area contributed by atoms with E-state index in [9.17, 15) is 0 Å². The molecule has 0 radical (unpaired) electrons. The molecule has 0 aromatic heterocycles. The molecule has 1 fully saturated rings. The zero-order valence-electron chi connectivity index (χ0n) is 12.1. The van der Waals surface area contributed by atoms with Crippen molar-refractivity contribution in [1.82, 2.24) is 4.90 Å². The lowest BCUT2D eigenvalue weighted by molar-refractivity contribution is 0.112. The molecule has 0 spiro atoms. The lowest BCUT2D eigenvalue weighted by Gasteiger charge is -2.37. The molecule has 2 atom stereocenters. The predicted octanol–water partition coefficient (Wildman–Crippen LogP) is 2.94. The molecule has 3 nitrogen and oxygen atoms in total. The molecule has 4 heteroatoms. The molecular formula is C16H23BrN2O. The van der Waals surface area contributed by atoms with Crippen molar-refractivity contribution in [3.63, 3.8) is 0 Å². The maximum atomic E-state index is 5.86. The quantitative estimate of drug-likeness (QED) is 0.920. The van der Waals surface area contributed by atoms with Gasteiger partial charge in [0, 0.05) is 35.6 Å². The Labute approximate surface area is 129 Å². The molecular weight excluding hydrogens is 316 g/mol. The Morgan fingerprint density at radius 2 is 2.25 bits per heavy atom. The Morgan fingerprint density at radius 1 is 1.40 bits per heavy atom. The predicted molar refractivity (Wildman–Crippen MR) is 85.0 cm³/mol. The minimum absolute atomic E-state index is 0.633. The third kappa shape index (κ3) is 2.87. The van der Waals surface area contributed by atoms with Crippen LogP contribution in [0.4, 0.5) is 0 Å². The first-order chi connectivity index (χ1) is 9.67. The highest BCUT2D eigenvalue weighted by Gasteiger charge is 2.26. The fourth-order valence-corrected chi connectivity index (χ4v) is 3.91. The highest BCUT2D eigenvalue weighted by atomic mass is 79.9. The SMILES string of the molecule is CC1CCC(CN)CN1Cc1cc(Br)cc2c1OCC2. The molecule has 2 aliphatic rings. The van der Waals surface area contributed by atoms with Crippen LogP contribution in [-0.4, -0.2) is 30.6 Å². The van der Waals surface area contributed by atoms with Crippen molar-refractivity contribution in [1.29, 1.82) is 0 Å². The highest BCUT2D eigenvalue weighted by molar-refractivity contribution is 9.10. The van der Waals surface area contributed by atoms with E-state index in [1.165, 1.54) is 24.0 Å². The van der Waals surface area contributed by atoms with Crippen LogP contribution in [0.2, 0.25) is 0 Å². The zero-order chi connectivity index (χ0) is 14.1. The monoisotopic (exact) mass is 338 g/mol. The first-order valence-corrected chi connectivity index (χ1v) is 8.35. The van der Waals surface area contributed by atoms with E-state index in [2.05, 4.69) is 39.9 Å². The molecule has 20 heavy (non-hydrogen) atoms. The molecule has 2 heterocycles. The summed E-state index contributed by atoms with van der Waals surface area (Å²) in [5.74, 6) is 1.77. The number of likely N-dealkylation sites (tertiary alicyclic amines) is 1. The van der Waals surface area contributed by atoms with Crippen molar-refractivity contribution in [3.05, 3.63) is 27.7 Å². The van der Waals surface area contributed by atoms with E-state index in [0.29, 0.717) is 12.0 Å². The van der Waals surface area contributed by atoms with Gasteiger partial charge >= 0.3 is 0 Å². The number of fused-ring (bicyclic) bond motifs is 1. The molecule has 110 valence electrons. The fourth-order valence-electron chi connectivity index (χ4n) is 3.36. The first-order valence-electron chi connectivity index (χ1n) is 7.55. The Kier molecular flexibility index (Phi) is 4.34. The van der Waals surface area contributed by atoms with Gasteiger partial charge in [0.1, 0.15) is 5.75 Å². The number of hydrogen-bond acceptors (Lipinski definition) is 3. The van der Waals surface area contributed by atoms with Crippen LogP contribution in [0.15, 0.2) is 16.6 Å². The van der Waals surface area contributed by atoms with Gasteiger partial charge in [-0.25, -0.2) is 0 Å². The number of hydrogen-bond donors (Lipinski definition) is 1. The zero-order valence-corrected chi connectivity index (χ0v) is 13.7. The van der Waals surface area contributed by atoms with Crippen molar-refractivity contribution in [2.24, 2.45) is 11.7 Å². The second kappa shape index (κ2) is 6.04. The van der Waals surface area contributed by atoms with Crippen LogP contribution >= 0.6 is 15.9 Å². The van der Waals surface area contributed by atoms with Crippen molar-refractivity contribution < 1.29 is 4.74 Å². The van der Waals surface area contributed by atoms with Gasteiger partial charge in [0.05, 0.1) is 6.61 Å². The molecule has 0 bridgehead atoms. The normalized spacial score (nSPS) is 26.4. The smallest absolute Gasteiger partial charge is 0.127 e. The van der Waals surface area contributed by atoms with Gasteiger partial charge in [-0.3, -0.25) is 4.90 Å². The van der Waals surface area contributed by atoms with E-state index >= 15 is 0 Å². The summed E-state index contributed by atoms with van der Waals surface area (Å²) in [6.07, 6.45) is 3.54. The van der Waals surface area contributed by atoms with Crippen LogP contribution in [0, 0.1) is 5.92 Å². The molecule has 2 aliphatic heterocycles. The van der Waals surface area contributed by atoms with Crippen LogP contribution in [0.1, 0.15) is 30.9 Å². The van der Waals surface area contributed by atoms with E-state index in [-0.39, 0.29) is 0 Å². The summed E-state index contributed by atoms with van der Waals surface area (Å²) < 4.78 is 7.01. The average Bonchev–Trinajstić information content (AvgIpc) is 2.89. The number of piperidine rings is 1. The van der Waals surface area contributed by atoms with Gasteiger partial charge in [-0.05, 0) is 49.9 Å². The number of benzene rings is 1. The maximum Gasteiger partial charge on any atom is 0.127 e. The van der Waals surface area contributed by atoms with Crippen molar-refractivity contribution >= 4 is 15.9 Å². The number of nitrogens with two attached hydrogens (primary N) is 1. The van der Waals surface area contributed by atoms with E-state index in [1.807, 2.05) is 0 Å². The van der Waals surface area contributed by atoms with Gasteiger partial charge in [-0.2, -0.15) is 0 Å². The molecule has 1 aromatic rings. The third-order valence-electron chi connectivity index (χ3n) is 4.64.